The maximum Gasteiger partial charge on any atom is 0.149 e. The van der Waals surface area contributed by atoms with E-state index in [4.69, 9.17) is 0 Å². The number of aromatic hydroxyl groups is 1. The van der Waals surface area contributed by atoms with Gasteiger partial charge in [-0.15, -0.1) is 0 Å². The third-order valence-electron chi connectivity index (χ3n) is 2.77. The molecule has 1 aromatic heterocycles. The minimum Gasteiger partial charge on any atom is -0.508 e. The summed E-state index contributed by atoms with van der Waals surface area (Å²) in [6.07, 6.45) is 4.22. The maximum absolute atomic E-state index is 9.33. The highest BCUT2D eigenvalue weighted by Gasteiger charge is 2.08. The molecule has 0 unspecified atom stereocenters. The molecule has 0 atom stereocenters. The Kier molecular flexibility index (Phi) is 4.30. The van der Waals surface area contributed by atoms with Gasteiger partial charge < -0.3 is 15.1 Å². The van der Waals surface area contributed by atoms with Crippen LogP contribution in [0.4, 0.5) is 5.82 Å². The molecule has 1 aromatic carbocycles. The van der Waals surface area contributed by atoms with Crippen molar-refractivity contribution < 1.29 is 10.2 Å². The Morgan fingerprint density at radius 2 is 1.89 bits per heavy atom. The van der Waals surface area contributed by atoms with Gasteiger partial charge >= 0.3 is 0 Å². The summed E-state index contributed by atoms with van der Waals surface area (Å²) in [4.78, 5) is 10.4. The van der Waals surface area contributed by atoms with Crippen molar-refractivity contribution in [3.63, 3.8) is 0 Å². The number of aliphatic hydroxyl groups excluding tert-OH is 1. The molecule has 0 saturated carbocycles. The lowest BCUT2D eigenvalue weighted by atomic mass is 10.1. The summed E-state index contributed by atoms with van der Waals surface area (Å²) < 4.78 is 0. The first-order valence-corrected chi connectivity index (χ1v) is 6.22. The first-order chi connectivity index (χ1) is 9.24. The molecular formula is C14H17N3O2. The number of hydrogen-bond acceptors (Lipinski definition) is 5. The van der Waals surface area contributed by atoms with Crippen molar-refractivity contribution in [3.05, 3.63) is 36.7 Å². The van der Waals surface area contributed by atoms with Gasteiger partial charge in [-0.05, 0) is 30.7 Å². The highest BCUT2D eigenvalue weighted by atomic mass is 16.3. The van der Waals surface area contributed by atoms with Crippen LogP contribution in [0.15, 0.2) is 36.7 Å². The van der Waals surface area contributed by atoms with Gasteiger partial charge in [-0.1, -0.05) is 6.92 Å². The van der Waals surface area contributed by atoms with Crippen molar-refractivity contribution >= 4 is 5.82 Å². The van der Waals surface area contributed by atoms with E-state index in [2.05, 4.69) is 9.97 Å². The van der Waals surface area contributed by atoms with Crippen LogP contribution in [-0.4, -0.2) is 33.5 Å². The molecule has 5 nitrogen and oxygen atoms in total. The van der Waals surface area contributed by atoms with E-state index in [1.54, 1.807) is 41.6 Å². The molecule has 0 radical (unpaired) electrons. The highest BCUT2D eigenvalue weighted by Crippen LogP contribution is 2.21. The number of anilines is 1. The summed E-state index contributed by atoms with van der Waals surface area (Å²) in [7, 11) is 0. The predicted molar refractivity (Wildman–Crippen MR) is 73.9 cm³/mol. The molecule has 0 aliphatic rings. The average Bonchev–Trinajstić information content (AvgIpc) is 2.45. The molecule has 0 bridgehead atoms. The van der Waals surface area contributed by atoms with E-state index >= 15 is 0 Å². The second-order valence-electron chi connectivity index (χ2n) is 4.21. The van der Waals surface area contributed by atoms with Crippen molar-refractivity contribution in [2.75, 3.05) is 18.2 Å². The van der Waals surface area contributed by atoms with Gasteiger partial charge in [-0.2, -0.15) is 0 Å². The topological polar surface area (TPSA) is 69.5 Å². The Labute approximate surface area is 112 Å². The molecule has 0 spiro atoms. The van der Waals surface area contributed by atoms with Crippen LogP contribution < -0.4 is 4.90 Å². The maximum atomic E-state index is 9.33. The largest absolute Gasteiger partial charge is 0.508 e. The second kappa shape index (κ2) is 6.15. The number of aromatic nitrogens is 2. The van der Waals surface area contributed by atoms with Crippen molar-refractivity contribution in [2.45, 2.75) is 13.3 Å². The first-order valence-electron chi connectivity index (χ1n) is 6.22. The van der Waals surface area contributed by atoms with Crippen molar-refractivity contribution in [1.29, 1.82) is 0 Å². The molecule has 2 rings (SSSR count). The third-order valence-corrected chi connectivity index (χ3v) is 2.77. The molecule has 0 aliphatic heterocycles. The Morgan fingerprint density at radius 3 is 2.53 bits per heavy atom. The van der Waals surface area contributed by atoms with Gasteiger partial charge in [0, 0.05) is 12.1 Å². The van der Waals surface area contributed by atoms with E-state index in [0.717, 1.165) is 18.5 Å². The Balaban J connectivity index is 2.30. The zero-order valence-electron chi connectivity index (χ0n) is 10.8. The average molecular weight is 259 g/mol. The number of benzene rings is 1. The smallest absolute Gasteiger partial charge is 0.149 e. The first kappa shape index (κ1) is 13.3. The molecule has 0 saturated heterocycles. The standard InChI is InChI=1S/C14H17N3O2/c1-2-7-17(10-18)14-9-15-8-13(16-14)11-3-5-12(19)6-4-11/h3-6,8-9,18-19H,2,7,10H2,1H3. The molecule has 0 amide bonds. The molecule has 0 fully saturated rings. The van der Waals surface area contributed by atoms with E-state index in [0.29, 0.717) is 11.5 Å². The molecule has 100 valence electrons. The number of phenols is 1. The van der Waals surface area contributed by atoms with E-state index in [9.17, 15) is 10.2 Å². The van der Waals surface area contributed by atoms with Crippen molar-refractivity contribution in [2.24, 2.45) is 0 Å². The number of rotatable bonds is 5. The summed E-state index contributed by atoms with van der Waals surface area (Å²) in [5.74, 6) is 0.866. The van der Waals surface area contributed by atoms with Crippen molar-refractivity contribution in [1.82, 2.24) is 9.97 Å². The van der Waals surface area contributed by atoms with Gasteiger partial charge in [-0.3, -0.25) is 4.98 Å². The van der Waals surface area contributed by atoms with Gasteiger partial charge in [0.1, 0.15) is 18.3 Å². The molecule has 2 aromatic rings. The number of nitrogens with zero attached hydrogens (tertiary/aromatic N) is 3. The number of hydrogen-bond donors (Lipinski definition) is 2. The van der Waals surface area contributed by atoms with Crippen LogP contribution in [0.5, 0.6) is 5.75 Å². The highest BCUT2D eigenvalue weighted by molar-refractivity contribution is 5.60. The monoisotopic (exact) mass is 259 g/mol. The molecular weight excluding hydrogens is 242 g/mol. The summed E-state index contributed by atoms with van der Waals surface area (Å²) in [5.41, 5.74) is 1.59. The second-order valence-corrected chi connectivity index (χ2v) is 4.21. The third kappa shape index (κ3) is 3.20. The molecule has 19 heavy (non-hydrogen) atoms. The number of phenolic OH excluding ortho intramolecular Hbond substituents is 1. The Hall–Kier alpha value is -2.14. The van der Waals surface area contributed by atoms with Crippen LogP contribution >= 0.6 is 0 Å². The lowest BCUT2D eigenvalue weighted by molar-refractivity contribution is 0.289. The van der Waals surface area contributed by atoms with Gasteiger partial charge in [0.25, 0.3) is 0 Å². The van der Waals surface area contributed by atoms with E-state index in [1.165, 1.54) is 0 Å². The normalized spacial score (nSPS) is 10.4. The van der Waals surface area contributed by atoms with Crippen LogP contribution in [0.25, 0.3) is 11.3 Å². The lowest BCUT2D eigenvalue weighted by Gasteiger charge is -2.20. The fourth-order valence-corrected chi connectivity index (χ4v) is 1.81. The van der Waals surface area contributed by atoms with Crippen LogP contribution in [0, 0.1) is 0 Å². The number of aliphatic hydroxyl groups is 1. The summed E-state index contributed by atoms with van der Waals surface area (Å²) in [5, 5.41) is 18.6. The zero-order valence-corrected chi connectivity index (χ0v) is 10.8. The molecule has 0 aliphatic carbocycles. The van der Waals surface area contributed by atoms with Gasteiger partial charge in [0.2, 0.25) is 0 Å². The van der Waals surface area contributed by atoms with Crippen LogP contribution in [-0.2, 0) is 0 Å². The zero-order chi connectivity index (χ0) is 13.7. The quantitative estimate of drug-likeness (QED) is 0.804. The molecule has 1 heterocycles. The molecule has 5 heteroatoms. The SMILES string of the molecule is CCCN(CO)c1cncc(-c2ccc(O)cc2)n1. The minimum absolute atomic E-state index is 0.0818. The van der Waals surface area contributed by atoms with Crippen LogP contribution in [0.2, 0.25) is 0 Å². The van der Waals surface area contributed by atoms with E-state index < -0.39 is 0 Å². The van der Waals surface area contributed by atoms with Gasteiger partial charge in [-0.25, -0.2) is 4.98 Å². The fourth-order valence-electron chi connectivity index (χ4n) is 1.81. The minimum atomic E-state index is -0.0818. The van der Waals surface area contributed by atoms with E-state index in [-0.39, 0.29) is 12.5 Å². The van der Waals surface area contributed by atoms with Gasteiger partial charge in [0.15, 0.2) is 0 Å². The van der Waals surface area contributed by atoms with Gasteiger partial charge in [0.05, 0.1) is 18.1 Å². The lowest BCUT2D eigenvalue weighted by Crippen LogP contribution is -2.26. The Morgan fingerprint density at radius 1 is 1.16 bits per heavy atom. The predicted octanol–water partition coefficient (Wildman–Crippen LogP) is 2.02. The van der Waals surface area contributed by atoms with Crippen LogP contribution in [0.1, 0.15) is 13.3 Å². The van der Waals surface area contributed by atoms with E-state index in [1.807, 2.05) is 6.92 Å². The summed E-state index contributed by atoms with van der Waals surface area (Å²) in [6.45, 7) is 2.69. The summed E-state index contributed by atoms with van der Waals surface area (Å²) >= 11 is 0. The van der Waals surface area contributed by atoms with Crippen LogP contribution in [0.3, 0.4) is 0 Å². The Bertz CT molecular complexity index is 528. The molecule has 2 N–H and O–H groups in total. The fraction of sp³-hybridized carbons (Fsp3) is 0.286. The summed E-state index contributed by atoms with van der Waals surface area (Å²) in [6, 6.07) is 6.79. The van der Waals surface area contributed by atoms with Crippen molar-refractivity contribution in [3.8, 4) is 17.0 Å².